The summed E-state index contributed by atoms with van der Waals surface area (Å²) < 4.78 is 5.55. The Hall–Kier alpha value is -1.14. The van der Waals surface area contributed by atoms with Crippen LogP contribution in [-0.2, 0) is 14.3 Å². The molecule has 4 fully saturated rings. The number of ether oxygens (including phenoxy) is 1. The first-order valence-electron chi connectivity index (χ1n) is 10.7. The Morgan fingerprint density at radius 1 is 1.08 bits per heavy atom. The van der Waals surface area contributed by atoms with Gasteiger partial charge in [-0.2, -0.15) is 0 Å². The van der Waals surface area contributed by atoms with E-state index < -0.39 is 0 Å². The van der Waals surface area contributed by atoms with Crippen LogP contribution in [0, 0.1) is 11.8 Å². The van der Waals surface area contributed by atoms with Crippen molar-refractivity contribution in [2.45, 2.75) is 95.5 Å². The smallest absolute Gasteiger partial charge is 0.308 e. The fraction of sp³-hybridized carbons (Fsp3) is 0.900. The van der Waals surface area contributed by atoms with Crippen LogP contribution in [0.25, 0.3) is 0 Å². The highest BCUT2D eigenvalue weighted by atomic mass is 16.5. The van der Waals surface area contributed by atoms with Crippen LogP contribution >= 0.6 is 0 Å². The molecule has 0 aromatic carbocycles. The summed E-state index contributed by atoms with van der Waals surface area (Å²) in [4.78, 5) is 27.4. The molecule has 5 unspecified atom stereocenters. The number of hydrogen-bond donors (Lipinski definition) is 2. The minimum atomic E-state index is -0.104. The molecule has 146 valence electrons. The van der Waals surface area contributed by atoms with Gasteiger partial charge in [0.05, 0.1) is 18.4 Å². The summed E-state index contributed by atoms with van der Waals surface area (Å²) in [6, 6.07) is 0.860. The summed E-state index contributed by atoms with van der Waals surface area (Å²) in [7, 11) is 0. The molecule has 2 N–H and O–H groups in total. The molecule has 6 heteroatoms. The molecule has 5 atom stereocenters. The molecule has 2 aliphatic carbocycles. The van der Waals surface area contributed by atoms with Crippen LogP contribution in [0.15, 0.2) is 0 Å². The maximum absolute atomic E-state index is 13.2. The molecule has 4 aliphatic rings. The van der Waals surface area contributed by atoms with E-state index in [0.29, 0.717) is 25.1 Å². The molecule has 0 aromatic rings. The van der Waals surface area contributed by atoms with E-state index in [1.54, 1.807) is 0 Å². The second-order valence-electron chi connectivity index (χ2n) is 8.63. The molecule has 2 aliphatic heterocycles. The number of carbonyl (C=O) groups excluding carboxylic acids is 2. The number of amides is 1. The third kappa shape index (κ3) is 3.50. The molecule has 0 aromatic heterocycles. The van der Waals surface area contributed by atoms with Gasteiger partial charge in [-0.25, -0.2) is 0 Å². The average Bonchev–Trinajstić information content (AvgIpc) is 3.03. The van der Waals surface area contributed by atoms with Crippen LogP contribution in [0.4, 0.5) is 0 Å². The van der Waals surface area contributed by atoms with E-state index >= 15 is 0 Å². The lowest BCUT2D eigenvalue weighted by Crippen LogP contribution is -2.64. The van der Waals surface area contributed by atoms with Crippen molar-refractivity contribution in [3.63, 3.8) is 0 Å². The van der Waals surface area contributed by atoms with Crippen molar-refractivity contribution >= 4 is 11.9 Å². The highest BCUT2D eigenvalue weighted by Crippen LogP contribution is 2.34. The number of hydrogen-bond acceptors (Lipinski definition) is 5. The molecule has 2 saturated carbocycles. The third-order valence-electron chi connectivity index (χ3n) is 6.94. The Bertz CT molecular complexity index is 534. The Labute approximate surface area is 156 Å². The van der Waals surface area contributed by atoms with Gasteiger partial charge < -0.3 is 9.64 Å². The lowest BCUT2D eigenvalue weighted by molar-refractivity contribution is -0.153. The van der Waals surface area contributed by atoms with Crippen LogP contribution in [0.2, 0.25) is 0 Å². The average molecular weight is 364 g/mol. The largest absolute Gasteiger partial charge is 0.465 e. The number of rotatable bonds is 4. The Balaban J connectivity index is 1.32. The van der Waals surface area contributed by atoms with E-state index in [2.05, 4.69) is 22.5 Å². The fourth-order valence-corrected chi connectivity index (χ4v) is 5.42. The third-order valence-corrected chi connectivity index (χ3v) is 6.94. The van der Waals surface area contributed by atoms with Crippen LogP contribution in [0.5, 0.6) is 0 Å². The molecular formula is C20H33N3O3. The maximum Gasteiger partial charge on any atom is 0.308 e. The molecule has 0 bridgehead atoms. The summed E-state index contributed by atoms with van der Waals surface area (Å²) in [5, 5.41) is 7.17. The van der Waals surface area contributed by atoms with Crippen molar-refractivity contribution in [3.8, 4) is 0 Å². The summed E-state index contributed by atoms with van der Waals surface area (Å²) >= 11 is 0. The first kappa shape index (κ1) is 18.2. The van der Waals surface area contributed by atoms with Gasteiger partial charge in [0.15, 0.2) is 0 Å². The van der Waals surface area contributed by atoms with Gasteiger partial charge in [0.25, 0.3) is 0 Å². The van der Waals surface area contributed by atoms with Gasteiger partial charge in [0, 0.05) is 18.1 Å². The number of carbonyl (C=O) groups is 2. The lowest BCUT2D eigenvalue weighted by atomic mass is 9.88. The predicted molar refractivity (Wildman–Crippen MR) is 98.1 cm³/mol. The van der Waals surface area contributed by atoms with E-state index in [1.807, 2.05) is 0 Å². The van der Waals surface area contributed by atoms with Crippen molar-refractivity contribution in [2.75, 3.05) is 6.61 Å². The van der Waals surface area contributed by atoms with E-state index in [1.165, 1.54) is 19.3 Å². The summed E-state index contributed by atoms with van der Waals surface area (Å²) in [6.07, 6.45) is 10.7. The summed E-state index contributed by atoms with van der Waals surface area (Å²) in [5.41, 5.74) is 0. The highest BCUT2D eigenvalue weighted by Gasteiger charge is 2.50. The molecule has 6 nitrogen and oxygen atoms in total. The zero-order chi connectivity index (χ0) is 18.1. The minimum Gasteiger partial charge on any atom is -0.465 e. The molecule has 2 heterocycles. The first-order chi connectivity index (χ1) is 12.6. The Kier molecular flexibility index (Phi) is 5.50. The van der Waals surface area contributed by atoms with E-state index in [0.717, 1.165) is 38.5 Å². The van der Waals surface area contributed by atoms with Gasteiger partial charge in [-0.15, -0.1) is 0 Å². The van der Waals surface area contributed by atoms with Crippen molar-refractivity contribution in [2.24, 2.45) is 11.8 Å². The number of nitrogens with one attached hydrogen (secondary N) is 2. The summed E-state index contributed by atoms with van der Waals surface area (Å²) in [5.74, 6) is 0.155. The molecule has 4 rings (SSSR count). The number of esters is 1. The Morgan fingerprint density at radius 3 is 2.62 bits per heavy atom. The minimum absolute atomic E-state index is 0.0216. The molecular weight excluding hydrogens is 330 g/mol. The molecule has 1 amide bonds. The normalized spacial score (nSPS) is 38.0. The zero-order valence-corrected chi connectivity index (χ0v) is 15.9. The Morgan fingerprint density at radius 2 is 1.81 bits per heavy atom. The number of nitrogens with zero attached hydrogens (tertiary/aromatic N) is 1. The highest BCUT2D eigenvalue weighted by molar-refractivity contribution is 5.81. The second kappa shape index (κ2) is 7.85. The van der Waals surface area contributed by atoms with Crippen LogP contribution in [-0.4, -0.2) is 47.8 Å². The van der Waals surface area contributed by atoms with Crippen LogP contribution in [0.1, 0.15) is 71.1 Å². The zero-order valence-electron chi connectivity index (χ0n) is 15.9. The summed E-state index contributed by atoms with van der Waals surface area (Å²) in [6.45, 7) is 2.43. The first-order valence-corrected chi connectivity index (χ1v) is 10.7. The van der Waals surface area contributed by atoms with E-state index in [-0.39, 0.29) is 36.0 Å². The molecule has 26 heavy (non-hydrogen) atoms. The maximum atomic E-state index is 13.2. The SMILES string of the molecule is CC1NC2NC3CCCCC3N2C(=O)C1CCOC(=O)C1CCCCC1. The van der Waals surface area contributed by atoms with Gasteiger partial charge in [0.1, 0.15) is 6.29 Å². The lowest BCUT2D eigenvalue weighted by Gasteiger charge is -2.42. The topological polar surface area (TPSA) is 70.7 Å². The molecule has 0 spiro atoms. The quantitative estimate of drug-likeness (QED) is 0.749. The van der Waals surface area contributed by atoms with Crippen molar-refractivity contribution in [1.29, 1.82) is 0 Å². The number of fused-ring (bicyclic) bond motifs is 3. The van der Waals surface area contributed by atoms with E-state index in [4.69, 9.17) is 4.74 Å². The van der Waals surface area contributed by atoms with Crippen molar-refractivity contribution < 1.29 is 14.3 Å². The van der Waals surface area contributed by atoms with Gasteiger partial charge in [-0.3, -0.25) is 20.2 Å². The van der Waals surface area contributed by atoms with Crippen LogP contribution < -0.4 is 10.6 Å². The standard InChI is InChI=1S/C20H33N3O3/c1-13-15(11-12-26-19(25)14-7-3-2-4-8-14)18(24)23-17-10-6-5-9-16(17)22-20(23)21-13/h13-17,20-22H,2-12H2,1H3. The van der Waals surface area contributed by atoms with Crippen molar-refractivity contribution in [3.05, 3.63) is 0 Å². The second-order valence-corrected chi connectivity index (χ2v) is 8.63. The van der Waals surface area contributed by atoms with Crippen molar-refractivity contribution in [1.82, 2.24) is 15.5 Å². The van der Waals surface area contributed by atoms with Gasteiger partial charge in [-0.1, -0.05) is 32.1 Å². The van der Waals surface area contributed by atoms with Gasteiger partial charge >= 0.3 is 5.97 Å². The molecule has 0 radical (unpaired) electrons. The molecule has 2 saturated heterocycles. The van der Waals surface area contributed by atoms with E-state index in [9.17, 15) is 9.59 Å². The van der Waals surface area contributed by atoms with Gasteiger partial charge in [-0.05, 0) is 39.0 Å². The van der Waals surface area contributed by atoms with Gasteiger partial charge in [0.2, 0.25) is 5.91 Å². The predicted octanol–water partition coefficient (Wildman–Crippen LogP) is 2.13. The van der Waals surface area contributed by atoms with Crippen LogP contribution in [0.3, 0.4) is 0 Å². The monoisotopic (exact) mass is 363 g/mol. The fourth-order valence-electron chi connectivity index (χ4n) is 5.42.